The highest BCUT2D eigenvalue weighted by Gasteiger charge is 2.18. The van der Waals surface area contributed by atoms with Gasteiger partial charge in [0.25, 0.3) is 6.43 Å². The number of rotatable bonds is 9. The number of ether oxygens (including phenoxy) is 1. The van der Waals surface area contributed by atoms with Crippen LogP contribution in [0.3, 0.4) is 0 Å². The number of alkyl halides is 2. The molecule has 0 atom stereocenters. The van der Waals surface area contributed by atoms with E-state index in [9.17, 15) is 17.2 Å². The number of halogens is 2. The molecule has 0 unspecified atom stereocenters. The molecule has 0 aliphatic heterocycles. The molecule has 2 N–H and O–H groups in total. The SMILES string of the molecule is CCCOc1ccc(S(=O)(=O)NCC(F)F)cc1CNC. The first-order valence-corrected chi connectivity index (χ1v) is 8.07. The second kappa shape index (κ2) is 8.26. The third-order valence-electron chi connectivity index (χ3n) is 2.60. The molecule has 0 bridgehead atoms. The molecule has 120 valence electrons. The Morgan fingerprint density at radius 1 is 1.33 bits per heavy atom. The molecule has 0 fully saturated rings. The Morgan fingerprint density at radius 2 is 2.05 bits per heavy atom. The molecule has 0 aliphatic rings. The lowest BCUT2D eigenvalue weighted by molar-refractivity contribution is 0.153. The molecule has 0 amide bonds. The number of benzene rings is 1. The molecular weight excluding hydrogens is 302 g/mol. The van der Waals surface area contributed by atoms with Crippen molar-refractivity contribution in [1.29, 1.82) is 0 Å². The quantitative estimate of drug-likeness (QED) is 0.727. The Hall–Kier alpha value is -1.25. The Kier molecular flexibility index (Phi) is 7.00. The zero-order valence-electron chi connectivity index (χ0n) is 12.0. The molecule has 21 heavy (non-hydrogen) atoms. The minimum atomic E-state index is -3.95. The van der Waals surface area contributed by atoms with Gasteiger partial charge in [0.05, 0.1) is 18.0 Å². The highest BCUT2D eigenvalue weighted by molar-refractivity contribution is 7.89. The lowest BCUT2D eigenvalue weighted by atomic mass is 10.2. The van der Waals surface area contributed by atoms with Gasteiger partial charge in [0.1, 0.15) is 5.75 Å². The van der Waals surface area contributed by atoms with Crippen LogP contribution in [0.2, 0.25) is 0 Å². The van der Waals surface area contributed by atoms with Crippen LogP contribution in [-0.2, 0) is 16.6 Å². The minimum absolute atomic E-state index is 0.0581. The van der Waals surface area contributed by atoms with Crippen LogP contribution in [0.15, 0.2) is 23.1 Å². The van der Waals surface area contributed by atoms with Crippen molar-refractivity contribution in [2.45, 2.75) is 31.2 Å². The fourth-order valence-corrected chi connectivity index (χ4v) is 2.72. The predicted octanol–water partition coefficient (Wildman–Crippen LogP) is 1.74. The number of hydrogen-bond acceptors (Lipinski definition) is 4. The zero-order chi connectivity index (χ0) is 15.9. The van der Waals surface area contributed by atoms with Gasteiger partial charge in [0, 0.05) is 12.1 Å². The van der Waals surface area contributed by atoms with E-state index in [1.165, 1.54) is 12.1 Å². The van der Waals surface area contributed by atoms with Crippen LogP contribution >= 0.6 is 0 Å². The van der Waals surface area contributed by atoms with Crippen molar-refractivity contribution in [3.63, 3.8) is 0 Å². The Labute approximate surface area is 123 Å². The highest BCUT2D eigenvalue weighted by Crippen LogP contribution is 2.23. The van der Waals surface area contributed by atoms with E-state index in [0.29, 0.717) is 24.5 Å². The van der Waals surface area contributed by atoms with Crippen molar-refractivity contribution >= 4 is 10.0 Å². The average molecular weight is 322 g/mol. The minimum Gasteiger partial charge on any atom is -0.493 e. The topological polar surface area (TPSA) is 67.4 Å². The van der Waals surface area contributed by atoms with Crippen LogP contribution in [0, 0.1) is 0 Å². The normalized spacial score (nSPS) is 11.9. The van der Waals surface area contributed by atoms with E-state index in [1.54, 1.807) is 13.1 Å². The summed E-state index contributed by atoms with van der Waals surface area (Å²) in [6.07, 6.45) is -1.90. The van der Waals surface area contributed by atoms with Crippen molar-refractivity contribution in [3.8, 4) is 5.75 Å². The van der Waals surface area contributed by atoms with Crippen molar-refractivity contribution in [2.75, 3.05) is 20.2 Å². The molecular formula is C13H20F2N2O3S. The Bertz CT molecular complexity index is 550. The van der Waals surface area contributed by atoms with E-state index in [4.69, 9.17) is 4.74 Å². The van der Waals surface area contributed by atoms with E-state index < -0.39 is 23.0 Å². The lowest BCUT2D eigenvalue weighted by Gasteiger charge is -2.13. The van der Waals surface area contributed by atoms with Crippen molar-refractivity contribution in [1.82, 2.24) is 10.0 Å². The molecule has 0 aliphatic carbocycles. The van der Waals surface area contributed by atoms with E-state index in [-0.39, 0.29) is 4.90 Å². The van der Waals surface area contributed by atoms with Crippen LogP contribution in [0.4, 0.5) is 8.78 Å². The van der Waals surface area contributed by atoms with Gasteiger partial charge in [0.15, 0.2) is 0 Å². The van der Waals surface area contributed by atoms with Gasteiger partial charge in [-0.05, 0) is 31.7 Å². The number of sulfonamides is 1. The van der Waals surface area contributed by atoms with Gasteiger partial charge in [-0.3, -0.25) is 0 Å². The summed E-state index contributed by atoms with van der Waals surface area (Å²) in [5.74, 6) is 0.582. The highest BCUT2D eigenvalue weighted by atomic mass is 32.2. The van der Waals surface area contributed by atoms with E-state index in [1.807, 2.05) is 11.6 Å². The molecule has 1 aromatic carbocycles. The van der Waals surface area contributed by atoms with Crippen LogP contribution in [0.25, 0.3) is 0 Å². The lowest BCUT2D eigenvalue weighted by Crippen LogP contribution is -2.28. The third-order valence-corrected chi connectivity index (χ3v) is 4.02. The van der Waals surface area contributed by atoms with E-state index in [0.717, 1.165) is 6.42 Å². The largest absolute Gasteiger partial charge is 0.493 e. The second-order valence-electron chi connectivity index (χ2n) is 4.39. The third kappa shape index (κ3) is 5.56. The first-order valence-electron chi connectivity index (χ1n) is 6.58. The van der Waals surface area contributed by atoms with E-state index >= 15 is 0 Å². The standard InChI is InChI=1S/C13H20F2N2O3S/c1-3-6-20-12-5-4-11(7-10(12)8-16-2)21(18,19)17-9-13(14)15/h4-5,7,13,16-17H,3,6,8-9H2,1-2H3. The zero-order valence-corrected chi connectivity index (χ0v) is 12.8. The van der Waals surface area contributed by atoms with Crippen LogP contribution in [0.1, 0.15) is 18.9 Å². The Morgan fingerprint density at radius 3 is 2.62 bits per heavy atom. The van der Waals surface area contributed by atoms with Crippen molar-refractivity contribution in [2.24, 2.45) is 0 Å². The van der Waals surface area contributed by atoms with Gasteiger partial charge < -0.3 is 10.1 Å². The maximum absolute atomic E-state index is 12.1. The molecule has 5 nitrogen and oxygen atoms in total. The summed E-state index contributed by atoms with van der Waals surface area (Å²) in [5.41, 5.74) is 0.658. The number of hydrogen-bond donors (Lipinski definition) is 2. The summed E-state index contributed by atoms with van der Waals surface area (Å²) in [4.78, 5) is -0.0581. The van der Waals surface area contributed by atoms with Crippen molar-refractivity contribution in [3.05, 3.63) is 23.8 Å². The maximum Gasteiger partial charge on any atom is 0.251 e. The van der Waals surface area contributed by atoms with Gasteiger partial charge in [-0.1, -0.05) is 6.92 Å². The van der Waals surface area contributed by atoms with Gasteiger partial charge in [-0.25, -0.2) is 21.9 Å². The summed E-state index contributed by atoms with van der Waals surface area (Å²) in [6.45, 7) is 1.99. The molecule has 0 aromatic heterocycles. The molecule has 0 saturated carbocycles. The molecule has 0 heterocycles. The molecule has 0 saturated heterocycles. The summed E-state index contributed by atoms with van der Waals surface area (Å²) >= 11 is 0. The molecule has 1 aromatic rings. The predicted molar refractivity (Wildman–Crippen MR) is 76.2 cm³/mol. The van der Waals surface area contributed by atoms with Gasteiger partial charge >= 0.3 is 0 Å². The fourth-order valence-electron chi connectivity index (χ4n) is 1.66. The van der Waals surface area contributed by atoms with Gasteiger partial charge in [-0.15, -0.1) is 0 Å². The molecule has 1 rings (SSSR count). The second-order valence-corrected chi connectivity index (χ2v) is 6.16. The van der Waals surface area contributed by atoms with Gasteiger partial charge in [-0.2, -0.15) is 0 Å². The smallest absolute Gasteiger partial charge is 0.251 e. The summed E-state index contributed by atoms with van der Waals surface area (Å²) in [7, 11) is -2.22. The fraction of sp³-hybridized carbons (Fsp3) is 0.538. The monoisotopic (exact) mass is 322 g/mol. The molecule has 0 spiro atoms. The average Bonchev–Trinajstić information content (AvgIpc) is 2.44. The first-order chi connectivity index (χ1) is 9.90. The summed E-state index contributed by atoms with van der Waals surface area (Å²) in [6, 6.07) is 4.31. The summed E-state index contributed by atoms with van der Waals surface area (Å²) < 4.78 is 55.5. The molecule has 0 radical (unpaired) electrons. The first kappa shape index (κ1) is 17.8. The number of nitrogens with one attached hydrogen (secondary N) is 2. The molecule has 8 heteroatoms. The van der Waals surface area contributed by atoms with Crippen LogP contribution < -0.4 is 14.8 Å². The Balaban J connectivity index is 3.00. The van der Waals surface area contributed by atoms with Crippen LogP contribution in [0.5, 0.6) is 5.75 Å². The van der Waals surface area contributed by atoms with Crippen molar-refractivity contribution < 1.29 is 21.9 Å². The summed E-state index contributed by atoms with van der Waals surface area (Å²) in [5, 5.41) is 2.91. The van der Waals surface area contributed by atoms with Gasteiger partial charge in [0.2, 0.25) is 10.0 Å². The maximum atomic E-state index is 12.1. The van der Waals surface area contributed by atoms with E-state index in [2.05, 4.69) is 5.32 Å². The van der Waals surface area contributed by atoms with Crippen LogP contribution in [-0.4, -0.2) is 35.0 Å².